The second-order valence-electron chi connectivity index (χ2n) is 10.1. The van der Waals surface area contributed by atoms with Gasteiger partial charge < -0.3 is 24.5 Å². The van der Waals surface area contributed by atoms with Gasteiger partial charge in [-0.15, -0.1) is 0 Å². The number of ether oxygens (including phenoxy) is 3. The van der Waals surface area contributed by atoms with Crippen LogP contribution in [0, 0.1) is 12.8 Å². The fraction of sp³-hybridized carbons (Fsp3) is 0.226. The van der Waals surface area contributed by atoms with E-state index in [4.69, 9.17) is 14.2 Å². The molecule has 43 heavy (non-hydrogen) atoms. The van der Waals surface area contributed by atoms with Gasteiger partial charge in [-0.1, -0.05) is 46.9 Å². The van der Waals surface area contributed by atoms with Gasteiger partial charge in [0.2, 0.25) is 11.8 Å². The minimum atomic E-state index is -0.754. The van der Waals surface area contributed by atoms with E-state index in [9.17, 15) is 19.2 Å². The molecule has 10 nitrogen and oxygen atoms in total. The maximum Gasteiger partial charge on any atom is 0.305 e. The molecule has 3 amide bonds. The quantitative estimate of drug-likeness (QED) is 0.275. The van der Waals surface area contributed by atoms with Crippen LogP contribution in [-0.4, -0.2) is 48.8 Å². The van der Waals surface area contributed by atoms with E-state index in [1.54, 1.807) is 49.6 Å². The van der Waals surface area contributed by atoms with Gasteiger partial charge in [-0.25, -0.2) is 4.90 Å². The van der Waals surface area contributed by atoms with E-state index >= 15 is 0 Å². The van der Waals surface area contributed by atoms with Gasteiger partial charge >= 0.3 is 4.87 Å². The highest BCUT2D eigenvalue weighted by Crippen LogP contribution is 2.53. The minimum absolute atomic E-state index is 0.248. The molecule has 4 aromatic rings. The molecule has 1 aromatic heterocycles. The number of aromatic amines is 1. The van der Waals surface area contributed by atoms with Gasteiger partial charge in [-0.2, -0.15) is 0 Å². The zero-order valence-corrected chi connectivity index (χ0v) is 25.0. The number of methoxy groups -OCH3 is 2. The molecule has 2 aliphatic heterocycles. The Morgan fingerprint density at radius 3 is 2.37 bits per heavy atom. The Labute approximate surface area is 255 Å². The number of aryl methyl sites for hydroxylation is 1. The predicted molar refractivity (Wildman–Crippen MR) is 164 cm³/mol. The largest absolute Gasteiger partial charge is 0.497 e. The number of thioether (sulfide) groups is 1. The second-order valence-corrected chi connectivity index (χ2v) is 12.2. The number of hydrogen-bond donors (Lipinski definition) is 2. The Morgan fingerprint density at radius 2 is 1.67 bits per heavy atom. The first-order valence-electron chi connectivity index (χ1n) is 13.4. The maximum absolute atomic E-state index is 13.9. The summed E-state index contributed by atoms with van der Waals surface area (Å²) in [5, 5.41) is 2.63. The van der Waals surface area contributed by atoms with Crippen molar-refractivity contribution in [2.24, 2.45) is 5.92 Å². The summed E-state index contributed by atoms with van der Waals surface area (Å²) in [6, 6.07) is 19.3. The molecule has 1 fully saturated rings. The zero-order valence-electron chi connectivity index (χ0n) is 23.4. The van der Waals surface area contributed by atoms with Crippen LogP contribution in [0.2, 0.25) is 0 Å². The highest BCUT2D eigenvalue weighted by atomic mass is 32.2. The van der Waals surface area contributed by atoms with Gasteiger partial charge in [-0.3, -0.25) is 19.2 Å². The molecule has 0 aliphatic carbocycles. The minimum Gasteiger partial charge on any atom is -0.497 e. The summed E-state index contributed by atoms with van der Waals surface area (Å²) in [6.07, 6.45) is 0. The number of nitrogens with zero attached hydrogens (tertiary/aromatic N) is 1. The SMILES string of the molecule is COc1ccc(N2C(=O)[C@H]3[C@H](c4ccc(OCC(=O)Nc5ccc(C)cc5)c(OC)c4)c4sc(=O)[nH]c4S[C@H]3C2=O)cc1. The molecule has 3 heterocycles. The molecule has 220 valence electrons. The summed E-state index contributed by atoms with van der Waals surface area (Å²) >= 11 is 2.23. The lowest BCUT2D eigenvalue weighted by Crippen LogP contribution is -2.32. The number of nitrogens with one attached hydrogen (secondary N) is 2. The first kappa shape index (κ1) is 28.6. The Hall–Kier alpha value is -4.55. The summed E-state index contributed by atoms with van der Waals surface area (Å²) in [6.45, 7) is 1.72. The fourth-order valence-electron chi connectivity index (χ4n) is 5.34. The van der Waals surface area contributed by atoms with Crippen LogP contribution in [0.25, 0.3) is 0 Å². The van der Waals surface area contributed by atoms with Crippen molar-refractivity contribution in [1.82, 2.24) is 4.98 Å². The van der Waals surface area contributed by atoms with E-state index in [1.165, 1.54) is 23.8 Å². The second kappa shape index (κ2) is 11.6. The van der Waals surface area contributed by atoms with Crippen molar-refractivity contribution >= 4 is 52.2 Å². The predicted octanol–water partition coefficient (Wildman–Crippen LogP) is 4.58. The number of anilines is 2. The van der Waals surface area contributed by atoms with Crippen molar-refractivity contribution in [2.75, 3.05) is 31.0 Å². The number of benzene rings is 3. The van der Waals surface area contributed by atoms with E-state index < -0.39 is 17.1 Å². The topological polar surface area (TPSA) is 127 Å². The Morgan fingerprint density at radius 1 is 0.930 bits per heavy atom. The number of carbonyl (C=O) groups is 3. The van der Waals surface area contributed by atoms with Gasteiger partial charge in [0, 0.05) is 16.5 Å². The summed E-state index contributed by atoms with van der Waals surface area (Å²) in [4.78, 5) is 57.0. The molecule has 0 radical (unpaired) electrons. The fourth-order valence-corrected chi connectivity index (χ4v) is 7.85. The summed E-state index contributed by atoms with van der Waals surface area (Å²) in [5.41, 5.74) is 2.87. The molecule has 2 N–H and O–H groups in total. The molecule has 2 aliphatic rings. The molecular weight excluding hydrogens is 590 g/mol. The van der Waals surface area contributed by atoms with E-state index in [0.717, 1.165) is 16.9 Å². The lowest BCUT2D eigenvalue weighted by molar-refractivity contribution is -0.122. The summed E-state index contributed by atoms with van der Waals surface area (Å²) in [5.74, 6) is -1.08. The molecule has 0 spiro atoms. The first-order chi connectivity index (χ1) is 20.8. The monoisotopic (exact) mass is 617 g/mol. The summed E-state index contributed by atoms with van der Waals surface area (Å²) in [7, 11) is 3.02. The van der Waals surface area contributed by atoms with Gasteiger partial charge in [0.25, 0.3) is 5.91 Å². The zero-order chi connectivity index (χ0) is 30.2. The molecule has 6 rings (SSSR count). The lowest BCUT2D eigenvalue weighted by Gasteiger charge is -2.30. The Balaban J connectivity index is 1.29. The van der Waals surface area contributed by atoms with E-state index in [-0.39, 0.29) is 29.2 Å². The number of aromatic nitrogens is 1. The molecule has 0 saturated carbocycles. The molecule has 1 saturated heterocycles. The van der Waals surface area contributed by atoms with E-state index in [0.29, 0.717) is 44.1 Å². The molecule has 3 atom stereocenters. The average Bonchev–Trinajstić information content (AvgIpc) is 3.51. The van der Waals surface area contributed by atoms with Gasteiger partial charge in [0.05, 0.1) is 30.9 Å². The number of rotatable bonds is 8. The molecule has 0 unspecified atom stereocenters. The number of imide groups is 1. The molecule has 0 bridgehead atoms. The third-order valence-corrected chi connectivity index (χ3v) is 9.80. The van der Waals surface area contributed by atoms with E-state index in [1.807, 2.05) is 31.2 Å². The smallest absolute Gasteiger partial charge is 0.305 e. The standard InChI is InChI=1S/C31H27N3O7S2/c1-16-4-7-18(8-5-16)32-23(35)15-41-21-13-6-17(14-22(21)40-3)24-25-27(42-28-26(24)43-31(38)33-28)30(37)34(29(25)36)19-9-11-20(39-2)12-10-19/h4-14,24-25,27H,15H2,1-3H3,(H,32,35)(H,33,38)/t24-,25-,27+/m0/s1. The van der Waals surface area contributed by atoms with Crippen LogP contribution in [0.1, 0.15) is 21.9 Å². The third-order valence-electron chi connectivity index (χ3n) is 7.40. The van der Waals surface area contributed by atoms with Crippen LogP contribution in [-0.2, 0) is 14.4 Å². The normalized spacial score (nSPS) is 19.0. The van der Waals surface area contributed by atoms with Gasteiger partial charge in [0.15, 0.2) is 18.1 Å². The van der Waals surface area contributed by atoms with Gasteiger partial charge in [0.1, 0.15) is 11.0 Å². The van der Waals surface area contributed by atoms with Crippen molar-refractivity contribution in [3.8, 4) is 17.2 Å². The van der Waals surface area contributed by atoms with Crippen molar-refractivity contribution in [3.63, 3.8) is 0 Å². The van der Waals surface area contributed by atoms with E-state index in [2.05, 4.69) is 10.3 Å². The Kier molecular flexibility index (Phi) is 7.72. The maximum atomic E-state index is 13.9. The number of amides is 3. The van der Waals surface area contributed by atoms with Crippen molar-refractivity contribution in [1.29, 1.82) is 0 Å². The van der Waals surface area contributed by atoms with Gasteiger partial charge in [-0.05, 0) is 61.0 Å². The van der Waals surface area contributed by atoms with Crippen LogP contribution in [0.4, 0.5) is 11.4 Å². The molecule has 3 aromatic carbocycles. The van der Waals surface area contributed by atoms with Crippen LogP contribution in [0.3, 0.4) is 0 Å². The number of carbonyl (C=O) groups excluding carboxylic acids is 3. The number of H-pyrrole nitrogens is 1. The summed E-state index contributed by atoms with van der Waals surface area (Å²) < 4.78 is 16.6. The average molecular weight is 618 g/mol. The van der Waals surface area contributed by atoms with Crippen LogP contribution in [0.15, 0.2) is 76.6 Å². The van der Waals surface area contributed by atoms with Crippen LogP contribution < -0.4 is 29.3 Å². The van der Waals surface area contributed by atoms with Crippen LogP contribution >= 0.6 is 23.1 Å². The highest BCUT2D eigenvalue weighted by molar-refractivity contribution is 8.00. The van der Waals surface area contributed by atoms with Crippen LogP contribution in [0.5, 0.6) is 17.2 Å². The number of hydrogen-bond acceptors (Lipinski definition) is 9. The van der Waals surface area contributed by atoms with Crippen molar-refractivity contribution < 1.29 is 28.6 Å². The molecule has 12 heteroatoms. The third kappa shape index (κ3) is 5.39. The first-order valence-corrected chi connectivity index (χ1v) is 15.1. The highest BCUT2D eigenvalue weighted by Gasteiger charge is 2.56. The lowest BCUT2D eigenvalue weighted by atomic mass is 9.83. The number of thiazole rings is 1. The molecular formula is C31H27N3O7S2. The Bertz CT molecular complexity index is 1770. The van der Waals surface area contributed by atoms with Crippen molar-refractivity contribution in [2.45, 2.75) is 23.1 Å². The number of fused-ring (bicyclic) bond motifs is 2. The van der Waals surface area contributed by atoms with Crippen molar-refractivity contribution in [3.05, 3.63) is 92.4 Å².